The van der Waals surface area contributed by atoms with Gasteiger partial charge in [-0.25, -0.2) is 36.7 Å². The summed E-state index contributed by atoms with van der Waals surface area (Å²) in [4.78, 5) is 53.5. The highest BCUT2D eigenvalue weighted by molar-refractivity contribution is 14.1. The van der Waals surface area contributed by atoms with E-state index in [1.54, 1.807) is 6.07 Å². The molecular weight excluding hydrogens is 882 g/mol. The molecule has 4 rings (SSSR count). The van der Waals surface area contributed by atoms with Crippen LogP contribution in [0.2, 0.25) is 0 Å². The van der Waals surface area contributed by atoms with Gasteiger partial charge in [-0.2, -0.15) is 0 Å². The third-order valence-corrected chi connectivity index (χ3v) is 7.00. The Balaban J connectivity index is 0.000000327. The second-order valence-corrected chi connectivity index (χ2v) is 11.3. The van der Waals surface area contributed by atoms with Gasteiger partial charge in [0.25, 0.3) is 0 Å². The molecule has 15 heteroatoms. The number of carboxylic acid groups (broad SMARTS) is 1. The Labute approximate surface area is 305 Å². The first-order chi connectivity index (χ1) is 23.1. The maximum atomic E-state index is 13.0. The van der Waals surface area contributed by atoms with Crippen molar-refractivity contribution in [3.05, 3.63) is 143 Å². The van der Waals surface area contributed by atoms with Gasteiger partial charge in [0.2, 0.25) is 0 Å². The summed E-state index contributed by atoms with van der Waals surface area (Å²) in [7, 11) is 3.58. The fourth-order valence-corrected chi connectivity index (χ4v) is 4.23. The number of ether oxygens (including phenoxy) is 3. The van der Waals surface area contributed by atoms with E-state index in [9.17, 15) is 41.5 Å². The summed E-state index contributed by atoms with van der Waals surface area (Å²) >= 11 is 3.92. The SMILES string of the molecule is C=Cc1ccc(F)c(C(=O)OC)c1.COC(=O)c1cc(C=O)ccc1F.COC(=O)c1cc(I)ccc1F.O=C(O)c1cc(I)ccc1F. The Morgan fingerprint density at radius 1 is 0.592 bits per heavy atom. The van der Waals surface area contributed by atoms with Gasteiger partial charge in [0.05, 0.1) is 43.6 Å². The van der Waals surface area contributed by atoms with E-state index in [2.05, 4.69) is 20.8 Å². The highest BCUT2D eigenvalue weighted by Crippen LogP contribution is 2.15. The van der Waals surface area contributed by atoms with Gasteiger partial charge in [0.1, 0.15) is 29.6 Å². The molecular formula is C34H26F4I2O9. The van der Waals surface area contributed by atoms with Crippen molar-refractivity contribution < 1.29 is 60.9 Å². The number of hydrogen-bond donors (Lipinski definition) is 1. The molecule has 0 amide bonds. The maximum absolute atomic E-state index is 13.0. The number of hydrogen-bond acceptors (Lipinski definition) is 8. The Hall–Kier alpha value is -4.65. The number of carbonyl (C=O) groups is 5. The van der Waals surface area contributed by atoms with E-state index in [4.69, 9.17) is 5.11 Å². The molecule has 0 unspecified atom stereocenters. The zero-order valence-electron chi connectivity index (χ0n) is 25.8. The summed E-state index contributed by atoms with van der Waals surface area (Å²) in [5.41, 5.74) is 0.317. The molecule has 0 atom stereocenters. The molecule has 9 nitrogen and oxygen atoms in total. The van der Waals surface area contributed by atoms with Crippen LogP contribution in [0.3, 0.4) is 0 Å². The minimum atomic E-state index is -1.24. The van der Waals surface area contributed by atoms with Crippen LogP contribution in [-0.2, 0) is 14.2 Å². The van der Waals surface area contributed by atoms with Crippen LogP contribution in [0.15, 0.2) is 79.4 Å². The van der Waals surface area contributed by atoms with Crippen molar-refractivity contribution in [3.8, 4) is 0 Å². The molecule has 0 saturated heterocycles. The molecule has 0 fully saturated rings. The van der Waals surface area contributed by atoms with Crippen LogP contribution in [0.25, 0.3) is 6.08 Å². The predicted molar refractivity (Wildman–Crippen MR) is 187 cm³/mol. The number of methoxy groups -OCH3 is 3. The zero-order chi connectivity index (χ0) is 37.3. The normalized spacial score (nSPS) is 9.49. The first-order valence-corrected chi connectivity index (χ1v) is 15.3. The van der Waals surface area contributed by atoms with E-state index >= 15 is 0 Å². The molecule has 0 aliphatic rings. The largest absolute Gasteiger partial charge is 0.478 e. The highest BCUT2D eigenvalue weighted by Gasteiger charge is 2.14. The quantitative estimate of drug-likeness (QED) is 0.0672. The van der Waals surface area contributed by atoms with Crippen LogP contribution in [0.1, 0.15) is 57.4 Å². The Morgan fingerprint density at radius 2 is 0.918 bits per heavy atom. The lowest BCUT2D eigenvalue weighted by atomic mass is 10.1. The minimum Gasteiger partial charge on any atom is -0.478 e. The third-order valence-electron chi connectivity index (χ3n) is 5.66. The number of carboxylic acids is 1. The third kappa shape index (κ3) is 13.8. The molecule has 0 aromatic heterocycles. The zero-order valence-corrected chi connectivity index (χ0v) is 30.1. The fourth-order valence-electron chi connectivity index (χ4n) is 3.24. The maximum Gasteiger partial charge on any atom is 0.340 e. The van der Waals surface area contributed by atoms with Crippen molar-refractivity contribution in [3.63, 3.8) is 0 Å². The number of benzene rings is 4. The van der Waals surface area contributed by atoms with Crippen LogP contribution in [0.4, 0.5) is 17.6 Å². The second-order valence-electron chi connectivity index (χ2n) is 8.83. The van der Waals surface area contributed by atoms with Gasteiger partial charge in [0.15, 0.2) is 0 Å². The van der Waals surface area contributed by atoms with Crippen molar-refractivity contribution in [1.29, 1.82) is 0 Å². The van der Waals surface area contributed by atoms with Crippen molar-refractivity contribution in [2.75, 3.05) is 21.3 Å². The summed E-state index contributed by atoms with van der Waals surface area (Å²) in [5, 5.41) is 8.45. The van der Waals surface area contributed by atoms with E-state index in [1.807, 2.05) is 45.2 Å². The van der Waals surface area contributed by atoms with Gasteiger partial charge in [-0.15, -0.1) is 0 Å². The van der Waals surface area contributed by atoms with Crippen LogP contribution >= 0.6 is 45.2 Å². The molecule has 258 valence electrons. The Morgan fingerprint density at radius 3 is 1.27 bits per heavy atom. The molecule has 0 aliphatic carbocycles. The van der Waals surface area contributed by atoms with Crippen LogP contribution < -0.4 is 0 Å². The summed E-state index contributed by atoms with van der Waals surface area (Å²) in [6.07, 6.45) is 2.07. The van der Waals surface area contributed by atoms with Gasteiger partial charge in [-0.1, -0.05) is 18.7 Å². The van der Waals surface area contributed by atoms with E-state index in [0.29, 0.717) is 15.4 Å². The monoisotopic (exact) mass is 908 g/mol. The molecule has 1 N–H and O–H groups in total. The summed E-state index contributed by atoms with van der Waals surface area (Å²) in [6.45, 7) is 3.51. The highest BCUT2D eigenvalue weighted by atomic mass is 127. The molecule has 49 heavy (non-hydrogen) atoms. The van der Waals surface area contributed by atoms with Crippen LogP contribution in [-0.4, -0.2) is 56.6 Å². The summed E-state index contributed by atoms with van der Waals surface area (Å²) in [6, 6.07) is 15.9. The molecule has 0 heterocycles. The number of halogens is 6. The van der Waals surface area contributed by atoms with E-state index < -0.39 is 47.1 Å². The van der Waals surface area contributed by atoms with Crippen molar-refractivity contribution >= 4 is 81.4 Å². The van der Waals surface area contributed by atoms with Gasteiger partial charge in [0, 0.05) is 12.7 Å². The van der Waals surface area contributed by atoms with E-state index in [1.165, 1.54) is 68.8 Å². The smallest absolute Gasteiger partial charge is 0.340 e. The van der Waals surface area contributed by atoms with E-state index in [0.717, 1.165) is 28.9 Å². The number of esters is 3. The molecule has 0 aliphatic heterocycles. The number of aromatic carboxylic acids is 1. The van der Waals surface area contributed by atoms with Crippen molar-refractivity contribution in [2.24, 2.45) is 0 Å². The van der Waals surface area contributed by atoms with Crippen LogP contribution in [0, 0.1) is 30.4 Å². The topological polar surface area (TPSA) is 133 Å². The lowest BCUT2D eigenvalue weighted by molar-refractivity contribution is 0.0586. The first-order valence-electron chi connectivity index (χ1n) is 13.2. The first kappa shape index (κ1) is 42.4. The standard InChI is InChI=1S/C10H9FO2.C9H7FO3.C8H6FIO2.C7H4FIO2/c1-3-7-4-5-9(11)8(6-7)10(12)13-2;1-13-9(12)7-4-6(5-11)2-3-8(7)10;1-12-8(11)6-4-5(10)2-3-7(6)9;8-6-2-1-4(9)3-5(6)7(10)11/h3-6H,1H2,2H3;2-5H,1H3;2-4H,1H3;1-3H,(H,10,11). The molecule has 0 bridgehead atoms. The van der Waals surface area contributed by atoms with Gasteiger partial charge in [-0.3, -0.25) is 4.79 Å². The Kier molecular flexibility index (Phi) is 18.5. The lowest BCUT2D eigenvalue weighted by Gasteiger charge is -2.01. The predicted octanol–water partition coefficient (Wildman–Crippen LogP) is 8.03. The van der Waals surface area contributed by atoms with Crippen molar-refractivity contribution in [2.45, 2.75) is 0 Å². The number of aldehydes is 1. The van der Waals surface area contributed by atoms with Gasteiger partial charge in [-0.05, 0) is 117 Å². The average molecular weight is 908 g/mol. The number of carbonyl (C=O) groups excluding carboxylic acids is 4. The minimum absolute atomic E-state index is 0.0237. The van der Waals surface area contributed by atoms with Gasteiger partial charge < -0.3 is 19.3 Å². The molecule has 0 spiro atoms. The second kappa shape index (κ2) is 21.3. The molecule has 0 saturated carbocycles. The lowest BCUT2D eigenvalue weighted by Crippen LogP contribution is -2.04. The molecule has 0 radical (unpaired) electrons. The van der Waals surface area contributed by atoms with Crippen molar-refractivity contribution in [1.82, 2.24) is 0 Å². The average Bonchev–Trinajstić information content (AvgIpc) is 3.10. The Bertz CT molecular complexity index is 1760. The summed E-state index contributed by atoms with van der Waals surface area (Å²) < 4.78 is 66.1. The molecule has 4 aromatic carbocycles. The van der Waals surface area contributed by atoms with E-state index in [-0.39, 0.29) is 27.8 Å². The number of rotatable bonds is 6. The fraction of sp³-hybridized carbons (Fsp3) is 0.0882. The van der Waals surface area contributed by atoms with Gasteiger partial charge >= 0.3 is 23.9 Å². The van der Waals surface area contributed by atoms with Crippen LogP contribution in [0.5, 0.6) is 0 Å². The molecule has 4 aromatic rings. The summed E-state index contributed by atoms with van der Waals surface area (Å²) in [5.74, 6) is -5.88.